The van der Waals surface area contributed by atoms with E-state index in [1.165, 1.54) is 6.07 Å². The number of amides is 1. The first-order valence-corrected chi connectivity index (χ1v) is 10.2. The summed E-state index contributed by atoms with van der Waals surface area (Å²) in [5, 5.41) is 11.5. The van der Waals surface area contributed by atoms with Gasteiger partial charge in [-0.25, -0.2) is 4.39 Å². The van der Waals surface area contributed by atoms with Crippen molar-refractivity contribution < 1.29 is 18.4 Å². The first-order chi connectivity index (χ1) is 15.4. The molecule has 0 saturated heterocycles. The summed E-state index contributed by atoms with van der Waals surface area (Å²) >= 11 is 5.98. The quantitative estimate of drug-likeness (QED) is 0.417. The second-order valence-corrected chi connectivity index (χ2v) is 7.62. The molecule has 0 fully saturated rings. The van der Waals surface area contributed by atoms with Crippen LogP contribution in [0.1, 0.15) is 33.1 Å². The summed E-state index contributed by atoms with van der Waals surface area (Å²) in [5.74, 6) is 0.564. The fourth-order valence-corrected chi connectivity index (χ4v) is 3.33. The summed E-state index contributed by atoms with van der Waals surface area (Å²) in [6.07, 6.45) is 0. The van der Waals surface area contributed by atoms with Crippen LogP contribution in [0.15, 0.2) is 59.1 Å². The molecule has 32 heavy (non-hydrogen) atoms. The Labute approximate surface area is 188 Å². The van der Waals surface area contributed by atoms with Gasteiger partial charge < -0.3 is 14.6 Å². The van der Waals surface area contributed by atoms with E-state index in [9.17, 15) is 9.18 Å². The minimum absolute atomic E-state index is 0.0825. The van der Waals surface area contributed by atoms with Gasteiger partial charge >= 0.3 is 0 Å². The van der Waals surface area contributed by atoms with Crippen LogP contribution in [0.4, 0.5) is 10.2 Å². The molecule has 4 aromatic rings. The lowest BCUT2D eigenvalue weighted by molar-refractivity contribution is 0.101. The monoisotopic (exact) mass is 454 g/mol. The Morgan fingerprint density at radius 1 is 1.19 bits per heavy atom. The molecule has 0 aliphatic heterocycles. The summed E-state index contributed by atoms with van der Waals surface area (Å²) in [6.45, 7) is 3.86. The highest BCUT2D eigenvalue weighted by molar-refractivity contribution is 6.30. The zero-order valence-corrected chi connectivity index (χ0v) is 18.2. The maximum Gasteiger partial charge on any atom is 0.279 e. The summed E-state index contributed by atoms with van der Waals surface area (Å²) in [7, 11) is 0. The molecule has 2 aromatic heterocycles. The van der Waals surface area contributed by atoms with Gasteiger partial charge in [0.2, 0.25) is 0 Å². The second kappa shape index (κ2) is 9.23. The minimum atomic E-state index is -0.484. The molecule has 0 saturated carbocycles. The van der Waals surface area contributed by atoms with E-state index in [-0.39, 0.29) is 24.7 Å². The Morgan fingerprint density at radius 2 is 2.00 bits per heavy atom. The molecule has 9 heteroatoms. The molecule has 4 rings (SSSR count). The van der Waals surface area contributed by atoms with Crippen molar-refractivity contribution in [3.8, 4) is 5.75 Å². The Hall–Kier alpha value is -3.65. The SMILES string of the molecule is Cc1onc(C(=O)Nc2cc(C)n(Cc3ccccc3F)n2)c1COc1cccc(Cl)c1. The van der Waals surface area contributed by atoms with E-state index in [4.69, 9.17) is 20.9 Å². The first-order valence-electron chi connectivity index (χ1n) is 9.83. The van der Waals surface area contributed by atoms with Crippen LogP contribution in [0, 0.1) is 19.7 Å². The van der Waals surface area contributed by atoms with Gasteiger partial charge in [0.1, 0.15) is 23.9 Å². The van der Waals surface area contributed by atoms with E-state index in [2.05, 4.69) is 15.6 Å². The zero-order valence-electron chi connectivity index (χ0n) is 17.4. The molecule has 1 amide bonds. The van der Waals surface area contributed by atoms with Crippen LogP contribution < -0.4 is 10.1 Å². The highest BCUT2D eigenvalue weighted by atomic mass is 35.5. The van der Waals surface area contributed by atoms with E-state index >= 15 is 0 Å². The minimum Gasteiger partial charge on any atom is -0.489 e. The number of aryl methyl sites for hydroxylation is 2. The van der Waals surface area contributed by atoms with E-state index < -0.39 is 5.91 Å². The fourth-order valence-electron chi connectivity index (χ4n) is 3.15. The molecule has 0 unspecified atom stereocenters. The smallest absolute Gasteiger partial charge is 0.279 e. The topological polar surface area (TPSA) is 82.2 Å². The molecule has 2 aromatic carbocycles. The fraction of sp³-hybridized carbons (Fsp3) is 0.174. The molecule has 0 aliphatic rings. The van der Waals surface area contributed by atoms with E-state index in [1.54, 1.807) is 60.1 Å². The number of aromatic nitrogens is 3. The third kappa shape index (κ3) is 4.81. The lowest BCUT2D eigenvalue weighted by Gasteiger charge is -2.07. The number of carbonyl (C=O) groups is 1. The number of ether oxygens (including phenoxy) is 1. The van der Waals surface area contributed by atoms with Gasteiger partial charge in [0.25, 0.3) is 5.91 Å². The van der Waals surface area contributed by atoms with Gasteiger partial charge in [-0.1, -0.05) is 41.0 Å². The number of carbonyl (C=O) groups excluding carboxylic acids is 1. The van der Waals surface area contributed by atoms with E-state index in [0.717, 1.165) is 5.69 Å². The lowest BCUT2D eigenvalue weighted by atomic mass is 10.2. The Bertz CT molecular complexity index is 1270. The van der Waals surface area contributed by atoms with Crippen molar-refractivity contribution >= 4 is 23.3 Å². The van der Waals surface area contributed by atoms with Crippen LogP contribution in [0.25, 0.3) is 0 Å². The zero-order chi connectivity index (χ0) is 22.7. The maximum absolute atomic E-state index is 14.0. The second-order valence-electron chi connectivity index (χ2n) is 7.19. The number of anilines is 1. The van der Waals surface area contributed by atoms with Gasteiger partial charge in [0.15, 0.2) is 11.5 Å². The molecular formula is C23H20ClFN4O3. The van der Waals surface area contributed by atoms with Crippen molar-refractivity contribution in [1.29, 1.82) is 0 Å². The van der Waals surface area contributed by atoms with Crippen LogP contribution in [0.3, 0.4) is 0 Å². The van der Waals surface area contributed by atoms with Crippen LogP contribution in [0.2, 0.25) is 5.02 Å². The number of hydrogen-bond acceptors (Lipinski definition) is 5. The number of halogens is 2. The van der Waals surface area contributed by atoms with Crippen LogP contribution >= 0.6 is 11.6 Å². The third-order valence-electron chi connectivity index (χ3n) is 4.88. The van der Waals surface area contributed by atoms with Gasteiger partial charge in [-0.15, -0.1) is 0 Å². The van der Waals surface area contributed by atoms with E-state index in [0.29, 0.717) is 33.5 Å². The largest absolute Gasteiger partial charge is 0.489 e. The summed E-state index contributed by atoms with van der Waals surface area (Å²) < 4.78 is 26.5. The van der Waals surface area contributed by atoms with E-state index in [1.807, 2.05) is 6.92 Å². The predicted molar refractivity (Wildman–Crippen MR) is 117 cm³/mol. The number of rotatable bonds is 7. The number of nitrogens with zero attached hydrogens (tertiary/aromatic N) is 3. The highest BCUT2D eigenvalue weighted by Crippen LogP contribution is 2.22. The first kappa shape index (κ1) is 21.6. The molecule has 164 valence electrons. The van der Waals surface area contributed by atoms with Crippen molar-refractivity contribution in [2.45, 2.75) is 27.0 Å². The molecule has 7 nitrogen and oxygen atoms in total. The van der Waals surface area contributed by atoms with Gasteiger partial charge in [-0.05, 0) is 38.1 Å². The summed E-state index contributed by atoms with van der Waals surface area (Å²) in [4.78, 5) is 12.8. The molecule has 0 bridgehead atoms. The average molecular weight is 455 g/mol. The standard InChI is InChI=1S/C23H20ClFN4O3/c1-14-10-21(27-29(14)12-16-6-3-4-9-20(16)25)26-23(30)22-19(15(2)32-28-22)13-31-18-8-5-7-17(24)11-18/h3-11H,12-13H2,1-2H3,(H,26,27,30). The Kier molecular flexibility index (Phi) is 6.23. The molecule has 1 N–H and O–H groups in total. The van der Waals surface area contributed by atoms with Crippen molar-refractivity contribution in [1.82, 2.24) is 14.9 Å². The van der Waals surface area contributed by atoms with Crippen LogP contribution in [-0.4, -0.2) is 20.8 Å². The molecule has 0 spiro atoms. The van der Waals surface area contributed by atoms with Crippen molar-refractivity contribution in [2.75, 3.05) is 5.32 Å². The predicted octanol–water partition coefficient (Wildman–Crippen LogP) is 5.16. The Balaban J connectivity index is 1.47. The van der Waals surface area contributed by atoms with Crippen LogP contribution in [-0.2, 0) is 13.2 Å². The molecule has 0 aliphatic carbocycles. The van der Waals surface area contributed by atoms with Crippen molar-refractivity contribution in [2.24, 2.45) is 0 Å². The van der Waals surface area contributed by atoms with Crippen LogP contribution in [0.5, 0.6) is 5.75 Å². The Morgan fingerprint density at radius 3 is 2.78 bits per heavy atom. The van der Waals surface area contributed by atoms with Gasteiger partial charge in [-0.3, -0.25) is 9.48 Å². The van der Waals surface area contributed by atoms with Gasteiger partial charge in [-0.2, -0.15) is 5.10 Å². The molecule has 2 heterocycles. The molecule has 0 atom stereocenters. The van der Waals surface area contributed by atoms with Crippen molar-refractivity contribution in [3.63, 3.8) is 0 Å². The summed E-state index contributed by atoms with van der Waals surface area (Å²) in [6, 6.07) is 15.1. The third-order valence-corrected chi connectivity index (χ3v) is 5.11. The average Bonchev–Trinajstić information content (AvgIpc) is 3.30. The maximum atomic E-state index is 14.0. The number of nitrogens with one attached hydrogen (secondary N) is 1. The number of hydrogen-bond donors (Lipinski definition) is 1. The number of benzene rings is 2. The molecule has 0 radical (unpaired) electrons. The summed E-state index contributed by atoms with van der Waals surface area (Å²) in [5.41, 5.74) is 1.89. The molecular weight excluding hydrogens is 435 g/mol. The van der Waals surface area contributed by atoms with Crippen molar-refractivity contribution in [3.05, 3.63) is 93.7 Å². The normalized spacial score (nSPS) is 10.9. The van der Waals surface area contributed by atoms with Gasteiger partial charge in [0.05, 0.1) is 12.1 Å². The lowest BCUT2D eigenvalue weighted by Crippen LogP contribution is -2.16. The van der Waals surface area contributed by atoms with Gasteiger partial charge in [0, 0.05) is 22.3 Å². The highest BCUT2D eigenvalue weighted by Gasteiger charge is 2.22.